The van der Waals surface area contributed by atoms with Gasteiger partial charge in [0.15, 0.2) is 6.73 Å². The van der Waals surface area contributed by atoms with Crippen LogP contribution in [0.4, 0.5) is 0 Å². The Balaban J connectivity index is 3.34. The lowest BCUT2D eigenvalue weighted by Crippen LogP contribution is -2.25. The number of nitrogens with one attached hydrogen (secondary N) is 1. The van der Waals surface area contributed by atoms with Crippen molar-refractivity contribution in [3.05, 3.63) is 12.7 Å². The molecule has 0 saturated heterocycles. The van der Waals surface area contributed by atoms with Crippen molar-refractivity contribution >= 4 is 11.9 Å². The Kier molecular flexibility index (Phi) is 4.81. The Morgan fingerprint density at radius 3 is 2.73 bits per heavy atom. The molecule has 62 valence electrons. The standard InChI is InChI=1S/C7H11NO3/c1-3-6(9)8-5-11-7(10)4-2/h3H,1,4-5H2,2H3,(H,8,9). The van der Waals surface area contributed by atoms with Crippen LogP contribution in [0.1, 0.15) is 13.3 Å². The summed E-state index contributed by atoms with van der Waals surface area (Å²) in [6, 6.07) is 0. The zero-order valence-electron chi connectivity index (χ0n) is 6.42. The average molecular weight is 157 g/mol. The van der Waals surface area contributed by atoms with Gasteiger partial charge in [-0.1, -0.05) is 13.5 Å². The molecule has 0 aliphatic heterocycles. The third-order valence-corrected chi connectivity index (χ3v) is 0.954. The summed E-state index contributed by atoms with van der Waals surface area (Å²) in [7, 11) is 0. The van der Waals surface area contributed by atoms with E-state index in [1.165, 1.54) is 0 Å². The Morgan fingerprint density at radius 1 is 1.64 bits per heavy atom. The molecule has 0 radical (unpaired) electrons. The van der Waals surface area contributed by atoms with Crippen molar-refractivity contribution in [3.63, 3.8) is 0 Å². The molecule has 0 atom stereocenters. The fourth-order valence-electron chi connectivity index (χ4n) is 0.362. The van der Waals surface area contributed by atoms with Gasteiger partial charge in [0.2, 0.25) is 5.91 Å². The monoisotopic (exact) mass is 157 g/mol. The Labute approximate surface area is 65.2 Å². The van der Waals surface area contributed by atoms with Crippen molar-refractivity contribution in [1.29, 1.82) is 0 Å². The van der Waals surface area contributed by atoms with E-state index in [4.69, 9.17) is 0 Å². The van der Waals surface area contributed by atoms with Gasteiger partial charge in [-0.2, -0.15) is 0 Å². The van der Waals surface area contributed by atoms with Crippen LogP contribution in [0.25, 0.3) is 0 Å². The summed E-state index contributed by atoms with van der Waals surface area (Å²) >= 11 is 0. The van der Waals surface area contributed by atoms with Gasteiger partial charge in [0.05, 0.1) is 0 Å². The highest BCUT2D eigenvalue weighted by Gasteiger charge is 1.97. The lowest BCUT2D eigenvalue weighted by atomic mass is 10.5. The van der Waals surface area contributed by atoms with Gasteiger partial charge in [0, 0.05) is 6.42 Å². The second kappa shape index (κ2) is 5.46. The quantitative estimate of drug-likeness (QED) is 0.360. The normalized spacial score (nSPS) is 8.45. The number of esters is 1. The first-order valence-corrected chi connectivity index (χ1v) is 3.26. The zero-order chi connectivity index (χ0) is 8.69. The third kappa shape index (κ3) is 5.14. The molecule has 0 bridgehead atoms. The summed E-state index contributed by atoms with van der Waals surface area (Å²) in [5.74, 6) is -0.691. The molecule has 1 amide bonds. The minimum absolute atomic E-state index is 0.0858. The number of hydrogen-bond acceptors (Lipinski definition) is 3. The maximum atomic E-state index is 10.5. The predicted molar refractivity (Wildman–Crippen MR) is 39.6 cm³/mol. The van der Waals surface area contributed by atoms with Crippen LogP contribution in [0.2, 0.25) is 0 Å². The number of ether oxygens (including phenoxy) is 1. The Morgan fingerprint density at radius 2 is 2.27 bits per heavy atom. The molecule has 4 heteroatoms. The number of carbonyl (C=O) groups excluding carboxylic acids is 2. The van der Waals surface area contributed by atoms with Crippen LogP contribution in [0.15, 0.2) is 12.7 Å². The first-order chi connectivity index (χ1) is 5.20. The molecule has 0 aliphatic carbocycles. The summed E-state index contributed by atoms with van der Waals surface area (Å²) in [5, 5.41) is 2.30. The minimum Gasteiger partial charge on any atom is -0.444 e. The lowest BCUT2D eigenvalue weighted by Gasteiger charge is -2.02. The molecule has 0 saturated carbocycles. The molecule has 0 heterocycles. The molecule has 0 aromatic heterocycles. The molecule has 0 rings (SSSR count). The summed E-state index contributed by atoms with van der Waals surface area (Å²) in [4.78, 5) is 20.9. The van der Waals surface area contributed by atoms with E-state index >= 15 is 0 Å². The number of hydrogen-bond donors (Lipinski definition) is 1. The summed E-state index contributed by atoms with van der Waals surface area (Å²) in [6.45, 7) is 4.82. The zero-order valence-corrected chi connectivity index (χ0v) is 6.42. The predicted octanol–water partition coefficient (Wildman–Crippen LogP) is 0.199. The molecule has 1 N–H and O–H groups in total. The average Bonchev–Trinajstić information content (AvgIpc) is 2.04. The number of amides is 1. The topological polar surface area (TPSA) is 55.4 Å². The SMILES string of the molecule is C=CC(=O)NCOC(=O)CC. The van der Waals surface area contributed by atoms with E-state index in [9.17, 15) is 9.59 Å². The summed E-state index contributed by atoms with van der Waals surface area (Å²) in [5.41, 5.74) is 0. The van der Waals surface area contributed by atoms with E-state index in [0.29, 0.717) is 6.42 Å². The number of carbonyl (C=O) groups is 2. The van der Waals surface area contributed by atoms with Gasteiger partial charge in [-0.15, -0.1) is 0 Å². The van der Waals surface area contributed by atoms with E-state index in [0.717, 1.165) is 6.08 Å². The van der Waals surface area contributed by atoms with Crippen LogP contribution in [-0.2, 0) is 14.3 Å². The highest BCUT2D eigenvalue weighted by molar-refractivity contribution is 5.86. The second-order valence-electron chi connectivity index (χ2n) is 1.76. The molecule has 0 aromatic rings. The highest BCUT2D eigenvalue weighted by Crippen LogP contribution is 1.81. The third-order valence-electron chi connectivity index (χ3n) is 0.954. The van der Waals surface area contributed by atoms with Crippen LogP contribution in [0, 0.1) is 0 Å². The number of rotatable bonds is 4. The fraction of sp³-hybridized carbons (Fsp3) is 0.429. The van der Waals surface area contributed by atoms with Crippen molar-refractivity contribution in [2.75, 3.05) is 6.73 Å². The van der Waals surface area contributed by atoms with Crippen molar-refractivity contribution in [1.82, 2.24) is 5.32 Å². The van der Waals surface area contributed by atoms with Crippen molar-refractivity contribution < 1.29 is 14.3 Å². The molecule has 4 nitrogen and oxygen atoms in total. The van der Waals surface area contributed by atoms with E-state index in [2.05, 4.69) is 16.6 Å². The van der Waals surface area contributed by atoms with Crippen LogP contribution in [0.3, 0.4) is 0 Å². The van der Waals surface area contributed by atoms with Gasteiger partial charge < -0.3 is 10.1 Å². The van der Waals surface area contributed by atoms with Crippen LogP contribution >= 0.6 is 0 Å². The van der Waals surface area contributed by atoms with Crippen molar-refractivity contribution in [2.24, 2.45) is 0 Å². The van der Waals surface area contributed by atoms with Crippen molar-refractivity contribution in [2.45, 2.75) is 13.3 Å². The molecule has 0 aromatic carbocycles. The lowest BCUT2D eigenvalue weighted by molar-refractivity contribution is -0.144. The van der Waals surface area contributed by atoms with E-state index in [1.807, 2.05) is 0 Å². The molecule has 0 unspecified atom stereocenters. The van der Waals surface area contributed by atoms with Gasteiger partial charge in [-0.3, -0.25) is 9.59 Å². The first-order valence-electron chi connectivity index (χ1n) is 3.26. The van der Waals surface area contributed by atoms with Crippen molar-refractivity contribution in [3.8, 4) is 0 Å². The molecule has 0 aliphatic rings. The van der Waals surface area contributed by atoms with Gasteiger partial charge in [0.1, 0.15) is 0 Å². The van der Waals surface area contributed by atoms with Gasteiger partial charge in [-0.05, 0) is 6.08 Å². The largest absolute Gasteiger partial charge is 0.444 e. The molecular formula is C7H11NO3. The molecule has 0 spiro atoms. The van der Waals surface area contributed by atoms with Gasteiger partial charge in [-0.25, -0.2) is 0 Å². The maximum absolute atomic E-state index is 10.5. The highest BCUT2D eigenvalue weighted by atomic mass is 16.5. The molecular weight excluding hydrogens is 146 g/mol. The maximum Gasteiger partial charge on any atom is 0.307 e. The van der Waals surface area contributed by atoms with E-state index in [1.54, 1.807) is 6.92 Å². The summed E-state index contributed by atoms with van der Waals surface area (Å²) < 4.78 is 4.54. The van der Waals surface area contributed by atoms with E-state index < -0.39 is 0 Å². The first kappa shape index (κ1) is 9.68. The Bertz CT molecular complexity index is 165. The fourth-order valence-corrected chi connectivity index (χ4v) is 0.362. The molecule has 11 heavy (non-hydrogen) atoms. The summed E-state index contributed by atoms with van der Waals surface area (Å²) in [6.07, 6.45) is 1.42. The van der Waals surface area contributed by atoms with Crippen LogP contribution < -0.4 is 5.32 Å². The smallest absolute Gasteiger partial charge is 0.307 e. The van der Waals surface area contributed by atoms with Gasteiger partial charge >= 0.3 is 5.97 Å². The van der Waals surface area contributed by atoms with Gasteiger partial charge in [0.25, 0.3) is 0 Å². The minimum atomic E-state index is -0.353. The molecule has 0 fully saturated rings. The van der Waals surface area contributed by atoms with Crippen LogP contribution in [0.5, 0.6) is 0 Å². The van der Waals surface area contributed by atoms with Crippen LogP contribution in [-0.4, -0.2) is 18.6 Å². The Hall–Kier alpha value is -1.32. The van der Waals surface area contributed by atoms with E-state index in [-0.39, 0.29) is 18.6 Å². The second-order valence-corrected chi connectivity index (χ2v) is 1.76.